The van der Waals surface area contributed by atoms with E-state index in [0.717, 1.165) is 0 Å². The molecule has 0 radical (unpaired) electrons. The maximum atomic E-state index is 12.0. The number of nitrogens with two attached hydrogens (primary N) is 1. The summed E-state index contributed by atoms with van der Waals surface area (Å²) in [5, 5.41) is 2.73. The maximum absolute atomic E-state index is 12.0. The Bertz CT molecular complexity index is 456. The second-order valence-corrected chi connectivity index (χ2v) is 5.00. The topological polar surface area (TPSA) is 64.3 Å². The van der Waals surface area contributed by atoms with Gasteiger partial charge in [-0.25, -0.2) is 0 Å². The van der Waals surface area contributed by atoms with Gasteiger partial charge in [-0.05, 0) is 31.5 Å². The summed E-state index contributed by atoms with van der Waals surface area (Å²) in [6, 6.07) is 5.17. The molecule has 0 aliphatic carbocycles. The molecule has 1 amide bonds. The van der Waals surface area contributed by atoms with E-state index in [-0.39, 0.29) is 24.6 Å². The third-order valence-electron chi connectivity index (χ3n) is 2.51. The van der Waals surface area contributed by atoms with E-state index in [9.17, 15) is 18.0 Å². The van der Waals surface area contributed by atoms with E-state index in [1.165, 1.54) is 24.3 Å². The third kappa shape index (κ3) is 5.92. The van der Waals surface area contributed by atoms with Crippen LogP contribution >= 0.6 is 0 Å². The molecule has 3 N–H and O–H groups in total. The van der Waals surface area contributed by atoms with Gasteiger partial charge in [-0.3, -0.25) is 4.79 Å². The van der Waals surface area contributed by atoms with Gasteiger partial charge in [0.2, 0.25) is 5.91 Å². The van der Waals surface area contributed by atoms with Gasteiger partial charge < -0.3 is 15.8 Å². The van der Waals surface area contributed by atoms with E-state index in [4.69, 9.17) is 5.73 Å². The van der Waals surface area contributed by atoms with Crippen LogP contribution in [-0.4, -0.2) is 24.4 Å². The largest absolute Gasteiger partial charge is 0.573 e. The molecule has 112 valence electrons. The smallest absolute Gasteiger partial charge is 0.406 e. The van der Waals surface area contributed by atoms with Crippen molar-refractivity contribution in [2.45, 2.75) is 32.2 Å². The van der Waals surface area contributed by atoms with Gasteiger partial charge in [0.25, 0.3) is 0 Å². The zero-order valence-electron chi connectivity index (χ0n) is 11.3. The highest BCUT2D eigenvalue weighted by molar-refractivity contribution is 5.79. The van der Waals surface area contributed by atoms with Crippen molar-refractivity contribution in [3.05, 3.63) is 29.8 Å². The monoisotopic (exact) mass is 290 g/mol. The van der Waals surface area contributed by atoms with Crippen molar-refractivity contribution in [3.8, 4) is 5.75 Å². The standard InChI is InChI=1S/C13H17F3N2O2/c1-12(2,8-17)18-11(19)7-9-3-5-10(6-4-9)20-13(14,15)16/h3-6H,7-8,17H2,1-2H3,(H,18,19). The molecule has 0 atom stereocenters. The summed E-state index contributed by atoms with van der Waals surface area (Å²) >= 11 is 0. The predicted molar refractivity (Wildman–Crippen MR) is 68.1 cm³/mol. The Morgan fingerprint density at radius 2 is 1.80 bits per heavy atom. The third-order valence-corrected chi connectivity index (χ3v) is 2.51. The van der Waals surface area contributed by atoms with Crippen molar-refractivity contribution >= 4 is 5.91 Å². The molecule has 0 heterocycles. The summed E-state index contributed by atoms with van der Waals surface area (Å²) < 4.78 is 39.7. The van der Waals surface area contributed by atoms with Crippen LogP contribution < -0.4 is 15.8 Å². The molecule has 1 rings (SSSR count). The normalized spacial score (nSPS) is 12.1. The molecule has 0 unspecified atom stereocenters. The summed E-state index contributed by atoms with van der Waals surface area (Å²) in [6.45, 7) is 3.85. The number of hydrogen-bond donors (Lipinski definition) is 2. The lowest BCUT2D eigenvalue weighted by molar-refractivity contribution is -0.274. The molecular weight excluding hydrogens is 273 g/mol. The Labute approximate surface area is 115 Å². The average molecular weight is 290 g/mol. The number of alkyl halides is 3. The van der Waals surface area contributed by atoms with Gasteiger partial charge >= 0.3 is 6.36 Å². The number of ether oxygens (including phenoxy) is 1. The van der Waals surface area contributed by atoms with Crippen LogP contribution in [0.5, 0.6) is 5.75 Å². The Hall–Kier alpha value is -1.76. The van der Waals surface area contributed by atoms with Crippen molar-refractivity contribution in [1.29, 1.82) is 0 Å². The molecule has 0 aliphatic heterocycles. The molecule has 0 saturated carbocycles. The van der Waals surface area contributed by atoms with E-state index < -0.39 is 11.9 Å². The van der Waals surface area contributed by atoms with Gasteiger partial charge in [0.15, 0.2) is 0 Å². The molecular formula is C13H17F3N2O2. The SMILES string of the molecule is CC(C)(CN)NC(=O)Cc1ccc(OC(F)(F)F)cc1. The Kier molecular flexibility index (Phi) is 4.99. The van der Waals surface area contributed by atoms with Crippen LogP contribution in [0.4, 0.5) is 13.2 Å². The van der Waals surface area contributed by atoms with Gasteiger partial charge in [0.1, 0.15) is 5.75 Å². The lowest BCUT2D eigenvalue weighted by Gasteiger charge is -2.24. The molecule has 7 heteroatoms. The first-order valence-corrected chi connectivity index (χ1v) is 5.97. The van der Waals surface area contributed by atoms with Crippen LogP contribution in [0.1, 0.15) is 19.4 Å². The van der Waals surface area contributed by atoms with E-state index in [1.807, 2.05) is 0 Å². The lowest BCUT2D eigenvalue weighted by atomic mass is 10.1. The molecule has 0 bridgehead atoms. The summed E-state index contributed by atoms with van der Waals surface area (Å²) in [5.74, 6) is -0.561. The van der Waals surface area contributed by atoms with E-state index in [0.29, 0.717) is 5.56 Å². The summed E-state index contributed by atoms with van der Waals surface area (Å²) in [4.78, 5) is 11.7. The molecule has 0 aliphatic rings. The summed E-state index contributed by atoms with van der Waals surface area (Å²) in [6.07, 6.45) is -4.65. The number of rotatable bonds is 5. The minimum absolute atomic E-state index is 0.0652. The average Bonchev–Trinajstić information content (AvgIpc) is 2.29. The van der Waals surface area contributed by atoms with E-state index in [1.54, 1.807) is 13.8 Å². The highest BCUT2D eigenvalue weighted by Crippen LogP contribution is 2.22. The number of hydrogen-bond acceptors (Lipinski definition) is 3. The number of nitrogens with one attached hydrogen (secondary N) is 1. The Balaban J connectivity index is 2.60. The van der Waals surface area contributed by atoms with Gasteiger partial charge in [0.05, 0.1) is 6.42 Å². The first kappa shape index (κ1) is 16.3. The number of carbonyl (C=O) groups excluding carboxylic acids is 1. The maximum Gasteiger partial charge on any atom is 0.573 e. The highest BCUT2D eigenvalue weighted by atomic mass is 19.4. The minimum Gasteiger partial charge on any atom is -0.406 e. The van der Waals surface area contributed by atoms with Crippen molar-refractivity contribution in [1.82, 2.24) is 5.32 Å². The molecule has 0 aromatic heterocycles. The molecule has 4 nitrogen and oxygen atoms in total. The lowest BCUT2D eigenvalue weighted by Crippen LogP contribution is -2.49. The Morgan fingerprint density at radius 3 is 2.25 bits per heavy atom. The fourth-order valence-electron chi connectivity index (χ4n) is 1.47. The van der Waals surface area contributed by atoms with Crippen LogP contribution in [0, 0.1) is 0 Å². The van der Waals surface area contributed by atoms with Gasteiger partial charge in [-0.1, -0.05) is 12.1 Å². The van der Waals surface area contributed by atoms with Crippen LogP contribution in [0.3, 0.4) is 0 Å². The second kappa shape index (κ2) is 6.13. The van der Waals surface area contributed by atoms with Crippen LogP contribution in [0.2, 0.25) is 0 Å². The van der Waals surface area contributed by atoms with Crippen molar-refractivity contribution in [2.24, 2.45) is 5.73 Å². The quantitative estimate of drug-likeness (QED) is 0.871. The van der Waals surface area contributed by atoms with Crippen LogP contribution in [0.25, 0.3) is 0 Å². The van der Waals surface area contributed by atoms with Gasteiger partial charge in [0, 0.05) is 12.1 Å². The summed E-state index contributed by atoms with van der Waals surface area (Å²) in [7, 11) is 0. The van der Waals surface area contributed by atoms with Crippen LogP contribution in [0.15, 0.2) is 24.3 Å². The van der Waals surface area contributed by atoms with Gasteiger partial charge in [-0.2, -0.15) is 0 Å². The number of benzene rings is 1. The number of amides is 1. The van der Waals surface area contributed by atoms with Crippen molar-refractivity contribution in [3.63, 3.8) is 0 Å². The molecule has 0 spiro atoms. The Morgan fingerprint density at radius 1 is 1.25 bits per heavy atom. The van der Waals surface area contributed by atoms with Crippen molar-refractivity contribution in [2.75, 3.05) is 6.54 Å². The first-order valence-electron chi connectivity index (χ1n) is 5.97. The highest BCUT2D eigenvalue weighted by Gasteiger charge is 2.31. The minimum atomic E-state index is -4.72. The zero-order chi connectivity index (χ0) is 15.4. The van der Waals surface area contributed by atoms with Crippen LogP contribution in [-0.2, 0) is 11.2 Å². The number of carbonyl (C=O) groups is 1. The van der Waals surface area contributed by atoms with Gasteiger partial charge in [-0.15, -0.1) is 13.2 Å². The fourth-order valence-corrected chi connectivity index (χ4v) is 1.47. The number of halogens is 3. The molecule has 0 fully saturated rings. The van der Waals surface area contributed by atoms with E-state index >= 15 is 0 Å². The first-order chi connectivity index (χ1) is 9.11. The zero-order valence-corrected chi connectivity index (χ0v) is 11.3. The predicted octanol–water partition coefficient (Wildman–Crippen LogP) is 1.98. The molecule has 0 saturated heterocycles. The molecule has 20 heavy (non-hydrogen) atoms. The molecule has 1 aromatic carbocycles. The summed E-state index contributed by atoms with van der Waals surface area (Å²) in [5.41, 5.74) is 5.56. The van der Waals surface area contributed by atoms with E-state index in [2.05, 4.69) is 10.1 Å². The fraction of sp³-hybridized carbons (Fsp3) is 0.462. The molecule has 1 aromatic rings. The second-order valence-electron chi connectivity index (χ2n) is 5.00. The van der Waals surface area contributed by atoms with Crippen molar-refractivity contribution < 1.29 is 22.7 Å².